The van der Waals surface area contributed by atoms with Crippen LogP contribution in [0.15, 0.2) is 23.1 Å². The van der Waals surface area contributed by atoms with Crippen molar-refractivity contribution in [2.75, 3.05) is 32.4 Å². The van der Waals surface area contributed by atoms with E-state index in [4.69, 9.17) is 5.73 Å². The molecule has 0 aromatic heterocycles. The summed E-state index contributed by atoms with van der Waals surface area (Å²) in [6.07, 6.45) is 2.13. The van der Waals surface area contributed by atoms with Crippen LogP contribution in [-0.2, 0) is 10.0 Å². The van der Waals surface area contributed by atoms with Crippen molar-refractivity contribution in [2.45, 2.75) is 30.7 Å². The summed E-state index contributed by atoms with van der Waals surface area (Å²) in [5, 5.41) is 9.40. The van der Waals surface area contributed by atoms with Gasteiger partial charge in [0.15, 0.2) is 0 Å². The Morgan fingerprint density at radius 1 is 1.48 bits per heavy atom. The fourth-order valence-electron chi connectivity index (χ4n) is 2.79. The van der Waals surface area contributed by atoms with E-state index in [9.17, 15) is 13.5 Å². The number of nitrogens with zero attached hydrogens (tertiary/aromatic N) is 2. The van der Waals surface area contributed by atoms with E-state index in [0.29, 0.717) is 6.54 Å². The van der Waals surface area contributed by atoms with E-state index in [2.05, 4.69) is 11.8 Å². The molecule has 7 heteroatoms. The normalized spacial score (nSPS) is 20.2. The molecule has 21 heavy (non-hydrogen) atoms. The highest BCUT2D eigenvalue weighted by Gasteiger charge is 2.29. The molecule has 0 spiro atoms. The SMILES string of the molecule is CCN1CCCC1CN(C)S(=O)(=O)c1ccc(O)c(N)c1. The Bertz CT molecular complexity index is 603. The molecule has 3 N–H and O–H groups in total. The van der Waals surface area contributed by atoms with Gasteiger partial charge in [-0.25, -0.2) is 8.42 Å². The summed E-state index contributed by atoms with van der Waals surface area (Å²) in [6, 6.07) is 4.26. The number of rotatable bonds is 5. The van der Waals surface area contributed by atoms with E-state index < -0.39 is 10.0 Å². The predicted molar refractivity (Wildman–Crippen MR) is 82.6 cm³/mol. The average molecular weight is 313 g/mol. The van der Waals surface area contributed by atoms with Gasteiger partial charge in [-0.05, 0) is 44.1 Å². The summed E-state index contributed by atoms with van der Waals surface area (Å²) in [4.78, 5) is 2.42. The van der Waals surface area contributed by atoms with E-state index in [1.807, 2.05) is 0 Å². The molecule has 0 amide bonds. The monoisotopic (exact) mass is 313 g/mol. The smallest absolute Gasteiger partial charge is 0.242 e. The molecule has 1 fully saturated rings. The molecule has 1 unspecified atom stereocenters. The van der Waals surface area contributed by atoms with Gasteiger partial charge in [-0.15, -0.1) is 0 Å². The number of likely N-dealkylation sites (N-methyl/N-ethyl adjacent to an activating group) is 2. The summed E-state index contributed by atoms with van der Waals surface area (Å²) in [5.41, 5.74) is 5.65. The number of anilines is 1. The van der Waals surface area contributed by atoms with Crippen LogP contribution in [-0.4, -0.2) is 55.5 Å². The standard InChI is InChI=1S/C14H23N3O3S/c1-3-17-8-4-5-11(17)10-16(2)21(19,20)12-6-7-14(18)13(15)9-12/h6-7,9,11,18H,3-5,8,10,15H2,1-2H3. The van der Waals surface area contributed by atoms with E-state index in [-0.39, 0.29) is 22.4 Å². The van der Waals surface area contributed by atoms with Crippen LogP contribution in [0, 0.1) is 0 Å². The maximum atomic E-state index is 12.5. The van der Waals surface area contributed by atoms with Crippen LogP contribution in [0.4, 0.5) is 5.69 Å². The topological polar surface area (TPSA) is 86.9 Å². The maximum Gasteiger partial charge on any atom is 0.242 e. The second-order valence-electron chi connectivity index (χ2n) is 5.43. The summed E-state index contributed by atoms with van der Waals surface area (Å²) in [5.74, 6) is -0.107. The van der Waals surface area contributed by atoms with Crippen LogP contribution in [0.3, 0.4) is 0 Å². The van der Waals surface area contributed by atoms with Crippen molar-refractivity contribution in [1.29, 1.82) is 0 Å². The minimum Gasteiger partial charge on any atom is -0.506 e. The van der Waals surface area contributed by atoms with Crippen molar-refractivity contribution >= 4 is 15.7 Å². The molecule has 1 aromatic rings. The first-order valence-corrected chi connectivity index (χ1v) is 8.59. The zero-order chi connectivity index (χ0) is 15.6. The van der Waals surface area contributed by atoms with Crippen molar-refractivity contribution in [3.05, 3.63) is 18.2 Å². The summed E-state index contributed by atoms with van der Waals surface area (Å²) in [6.45, 7) is 4.52. The zero-order valence-corrected chi connectivity index (χ0v) is 13.3. The molecule has 0 aliphatic carbocycles. The highest BCUT2D eigenvalue weighted by Crippen LogP contribution is 2.26. The number of hydrogen-bond donors (Lipinski definition) is 2. The number of nitrogens with two attached hydrogens (primary N) is 1. The fourth-order valence-corrected chi connectivity index (χ4v) is 4.03. The highest BCUT2D eigenvalue weighted by atomic mass is 32.2. The Morgan fingerprint density at radius 2 is 2.19 bits per heavy atom. The Balaban J connectivity index is 2.16. The largest absolute Gasteiger partial charge is 0.506 e. The molecule has 1 aliphatic heterocycles. The molecule has 1 heterocycles. The third-order valence-corrected chi connectivity index (χ3v) is 5.90. The first kappa shape index (κ1) is 16.1. The molecule has 118 valence electrons. The summed E-state index contributed by atoms with van der Waals surface area (Å²) >= 11 is 0. The predicted octanol–water partition coefficient (Wildman–Crippen LogP) is 1.08. The fraction of sp³-hybridized carbons (Fsp3) is 0.571. The van der Waals surface area contributed by atoms with Crippen LogP contribution >= 0.6 is 0 Å². The number of nitrogen functional groups attached to an aromatic ring is 1. The molecule has 1 saturated heterocycles. The Hall–Kier alpha value is -1.31. The maximum absolute atomic E-state index is 12.5. The third kappa shape index (κ3) is 3.30. The number of hydrogen-bond acceptors (Lipinski definition) is 5. The van der Waals surface area contributed by atoms with Crippen LogP contribution < -0.4 is 5.73 Å². The van der Waals surface area contributed by atoms with E-state index in [1.165, 1.54) is 22.5 Å². The molecule has 1 aliphatic rings. The second-order valence-corrected chi connectivity index (χ2v) is 7.48. The number of sulfonamides is 1. The van der Waals surface area contributed by atoms with Gasteiger partial charge in [-0.3, -0.25) is 4.90 Å². The molecular formula is C14H23N3O3S. The molecule has 0 radical (unpaired) electrons. The molecule has 2 rings (SSSR count). The van der Waals surface area contributed by atoms with Crippen molar-refractivity contribution < 1.29 is 13.5 Å². The van der Waals surface area contributed by atoms with Gasteiger partial charge in [0.2, 0.25) is 10.0 Å². The van der Waals surface area contributed by atoms with Crippen LogP contribution in [0.1, 0.15) is 19.8 Å². The Kier molecular flexibility index (Phi) is 4.75. The van der Waals surface area contributed by atoms with Crippen molar-refractivity contribution in [3.8, 4) is 5.75 Å². The molecule has 0 bridgehead atoms. The van der Waals surface area contributed by atoms with Gasteiger partial charge in [0, 0.05) is 19.6 Å². The van der Waals surface area contributed by atoms with Crippen molar-refractivity contribution in [3.63, 3.8) is 0 Å². The number of benzene rings is 1. The summed E-state index contributed by atoms with van der Waals surface area (Å²) < 4.78 is 26.5. The van der Waals surface area contributed by atoms with Gasteiger partial charge >= 0.3 is 0 Å². The summed E-state index contributed by atoms with van der Waals surface area (Å²) in [7, 11) is -1.99. The second kappa shape index (κ2) is 6.21. The van der Waals surface area contributed by atoms with E-state index >= 15 is 0 Å². The molecular weight excluding hydrogens is 290 g/mol. The molecule has 1 aromatic carbocycles. The number of likely N-dealkylation sites (tertiary alicyclic amines) is 1. The molecule has 1 atom stereocenters. The molecule has 0 saturated carbocycles. The zero-order valence-electron chi connectivity index (χ0n) is 12.5. The first-order valence-electron chi connectivity index (χ1n) is 7.15. The van der Waals surface area contributed by atoms with Crippen LogP contribution in [0.25, 0.3) is 0 Å². The Labute approximate surface area is 126 Å². The van der Waals surface area contributed by atoms with E-state index in [1.54, 1.807) is 7.05 Å². The number of aromatic hydroxyl groups is 1. The van der Waals surface area contributed by atoms with Gasteiger partial charge in [-0.2, -0.15) is 4.31 Å². The average Bonchev–Trinajstić information content (AvgIpc) is 2.88. The van der Waals surface area contributed by atoms with Gasteiger partial charge in [0.1, 0.15) is 5.75 Å². The van der Waals surface area contributed by atoms with E-state index in [0.717, 1.165) is 25.9 Å². The van der Waals surface area contributed by atoms with Crippen LogP contribution in [0.5, 0.6) is 5.75 Å². The van der Waals surface area contributed by atoms with Crippen molar-refractivity contribution in [1.82, 2.24) is 9.21 Å². The first-order chi connectivity index (χ1) is 9.86. The lowest BCUT2D eigenvalue weighted by atomic mass is 10.2. The Morgan fingerprint density at radius 3 is 2.81 bits per heavy atom. The van der Waals surface area contributed by atoms with Gasteiger partial charge in [0.25, 0.3) is 0 Å². The lowest BCUT2D eigenvalue weighted by Gasteiger charge is -2.27. The quantitative estimate of drug-likeness (QED) is 0.627. The molecule has 6 nitrogen and oxygen atoms in total. The lowest BCUT2D eigenvalue weighted by molar-refractivity contribution is 0.237. The minimum absolute atomic E-state index is 0.0699. The van der Waals surface area contributed by atoms with Gasteiger partial charge in [0.05, 0.1) is 10.6 Å². The third-order valence-electron chi connectivity index (χ3n) is 4.08. The number of phenolic OH excluding ortho intramolecular Hbond substituents is 1. The van der Waals surface area contributed by atoms with Gasteiger partial charge in [-0.1, -0.05) is 6.92 Å². The lowest BCUT2D eigenvalue weighted by Crippen LogP contribution is -2.41. The minimum atomic E-state index is -3.58. The van der Waals surface area contributed by atoms with Gasteiger partial charge < -0.3 is 10.8 Å². The number of phenols is 1. The van der Waals surface area contributed by atoms with Crippen LogP contribution in [0.2, 0.25) is 0 Å². The van der Waals surface area contributed by atoms with Crippen molar-refractivity contribution in [2.24, 2.45) is 0 Å². The highest BCUT2D eigenvalue weighted by molar-refractivity contribution is 7.89.